The minimum absolute atomic E-state index is 0.681. The van der Waals surface area contributed by atoms with Gasteiger partial charge in [-0.1, -0.05) is 6.08 Å². The second kappa shape index (κ2) is 1.57. The molecule has 0 aliphatic carbocycles. The summed E-state index contributed by atoms with van der Waals surface area (Å²) in [7, 11) is 0. The summed E-state index contributed by atoms with van der Waals surface area (Å²) in [6.45, 7) is 4.29. The van der Waals surface area contributed by atoms with Crippen LogP contribution in [-0.2, 0) is 0 Å². The lowest BCUT2D eigenvalue weighted by Crippen LogP contribution is -2.16. The van der Waals surface area contributed by atoms with Crippen LogP contribution in [0.5, 0.6) is 0 Å². The van der Waals surface area contributed by atoms with Gasteiger partial charge in [-0.15, -0.1) is 0 Å². The Morgan fingerprint density at radius 2 is 2.57 bits per heavy atom. The third kappa shape index (κ3) is 0.952. The molecule has 1 nitrogen and oxygen atoms in total. The van der Waals surface area contributed by atoms with Crippen LogP contribution in [0.15, 0.2) is 11.8 Å². The highest BCUT2D eigenvalue weighted by atomic mass is 14.9. The number of hydrogen-bond acceptors (Lipinski definition) is 1. The lowest BCUT2D eigenvalue weighted by molar-refractivity contribution is 0.671. The van der Waals surface area contributed by atoms with Gasteiger partial charge in [-0.05, 0) is 20.3 Å². The second-order valence-electron chi connectivity index (χ2n) is 2.17. The molecule has 0 saturated heterocycles. The van der Waals surface area contributed by atoms with Crippen molar-refractivity contribution in [2.45, 2.75) is 26.3 Å². The molecule has 0 amide bonds. The van der Waals surface area contributed by atoms with Crippen LogP contribution in [0.2, 0.25) is 0 Å². The van der Waals surface area contributed by atoms with Gasteiger partial charge in [0.2, 0.25) is 0 Å². The van der Waals surface area contributed by atoms with E-state index in [9.17, 15) is 0 Å². The summed E-state index contributed by atoms with van der Waals surface area (Å²) < 4.78 is 0. The largest absolute Gasteiger partial charge is 0.386 e. The maximum Gasteiger partial charge on any atom is 0.0265 e. The van der Waals surface area contributed by atoms with Gasteiger partial charge >= 0.3 is 0 Å². The standard InChI is InChI=1S/C6H11N/c1-5-3-4-6(2)7-5/h3,6-7H,4H2,1-2H3/t6-/m0/s1. The van der Waals surface area contributed by atoms with Crippen LogP contribution in [0.1, 0.15) is 20.3 Å². The van der Waals surface area contributed by atoms with Crippen molar-refractivity contribution in [3.05, 3.63) is 11.8 Å². The number of hydrogen-bond donors (Lipinski definition) is 1. The van der Waals surface area contributed by atoms with Gasteiger partial charge in [0.1, 0.15) is 0 Å². The molecule has 1 N–H and O–H groups in total. The Morgan fingerprint density at radius 3 is 2.71 bits per heavy atom. The predicted molar refractivity (Wildman–Crippen MR) is 31.0 cm³/mol. The van der Waals surface area contributed by atoms with Gasteiger partial charge in [-0.25, -0.2) is 0 Å². The summed E-state index contributed by atoms with van der Waals surface area (Å²) in [4.78, 5) is 0. The van der Waals surface area contributed by atoms with Crippen LogP contribution in [0, 0.1) is 0 Å². The minimum atomic E-state index is 0.681. The zero-order chi connectivity index (χ0) is 5.28. The van der Waals surface area contributed by atoms with E-state index in [1.54, 1.807) is 0 Å². The van der Waals surface area contributed by atoms with Crippen molar-refractivity contribution in [2.75, 3.05) is 0 Å². The van der Waals surface area contributed by atoms with Crippen molar-refractivity contribution >= 4 is 0 Å². The molecule has 0 spiro atoms. The van der Waals surface area contributed by atoms with Gasteiger partial charge in [-0.3, -0.25) is 0 Å². The maximum absolute atomic E-state index is 3.28. The second-order valence-corrected chi connectivity index (χ2v) is 2.17. The Kier molecular flexibility index (Phi) is 1.05. The molecule has 0 aromatic rings. The quantitative estimate of drug-likeness (QED) is 0.480. The first-order chi connectivity index (χ1) is 3.29. The normalized spacial score (nSPS) is 29.4. The van der Waals surface area contributed by atoms with E-state index in [1.165, 1.54) is 12.1 Å². The highest BCUT2D eigenvalue weighted by Crippen LogP contribution is 2.05. The molecule has 7 heavy (non-hydrogen) atoms. The molecule has 0 aromatic heterocycles. The van der Waals surface area contributed by atoms with Gasteiger partial charge in [0.15, 0.2) is 0 Å². The van der Waals surface area contributed by atoms with Gasteiger partial charge in [0.25, 0.3) is 0 Å². The van der Waals surface area contributed by atoms with Crippen LogP contribution in [0.4, 0.5) is 0 Å². The highest BCUT2D eigenvalue weighted by molar-refractivity contribution is 5.04. The van der Waals surface area contributed by atoms with Crippen molar-refractivity contribution in [3.63, 3.8) is 0 Å². The molecule has 1 heteroatoms. The van der Waals surface area contributed by atoms with Crippen molar-refractivity contribution in [2.24, 2.45) is 0 Å². The third-order valence-corrected chi connectivity index (χ3v) is 1.25. The van der Waals surface area contributed by atoms with Crippen molar-refractivity contribution in [1.82, 2.24) is 5.32 Å². The fourth-order valence-electron chi connectivity index (χ4n) is 0.860. The monoisotopic (exact) mass is 97.1 g/mol. The number of nitrogens with one attached hydrogen (secondary N) is 1. The molecule has 1 aliphatic rings. The molecule has 0 bridgehead atoms. The Labute approximate surface area is 44.4 Å². The topological polar surface area (TPSA) is 12.0 Å². The third-order valence-electron chi connectivity index (χ3n) is 1.25. The van der Waals surface area contributed by atoms with E-state index in [1.807, 2.05) is 0 Å². The van der Waals surface area contributed by atoms with Crippen molar-refractivity contribution < 1.29 is 0 Å². The van der Waals surface area contributed by atoms with E-state index in [2.05, 4.69) is 25.2 Å². The van der Waals surface area contributed by atoms with Gasteiger partial charge in [-0.2, -0.15) is 0 Å². The fraction of sp³-hybridized carbons (Fsp3) is 0.667. The SMILES string of the molecule is CC1=CC[C@H](C)N1. The van der Waals surface area contributed by atoms with Crippen LogP contribution < -0.4 is 5.32 Å². The van der Waals surface area contributed by atoms with Crippen molar-refractivity contribution in [1.29, 1.82) is 0 Å². The molecule has 0 unspecified atom stereocenters. The summed E-state index contributed by atoms with van der Waals surface area (Å²) >= 11 is 0. The summed E-state index contributed by atoms with van der Waals surface area (Å²) in [6, 6.07) is 0.681. The average molecular weight is 97.2 g/mol. The smallest absolute Gasteiger partial charge is 0.0265 e. The molecule has 1 heterocycles. The lowest BCUT2D eigenvalue weighted by Gasteiger charge is -2.01. The Hall–Kier alpha value is -0.460. The number of allylic oxidation sites excluding steroid dienone is 1. The maximum atomic E-state index is 3.28. The molecule has 0 fully saturated rings. The summed E-state index contributed by atoms with van der Waals surface area (Å²) in [6.07, 6.45) is 3.43. The van der Waals surface area contributed by atoms with Crippen LogP contribution >= 0.6 is 0 Å². The zero-order valence-corrected chi connectivity index (χ0v) is 4.86. The Morgan fingerprint density at radius 1 is 1.86 bits per heavy atom. The predicted octanol–water partition coefficient (Wildman–Crippen LogP) is 1.27. The Balaban J connectivity index is 2.42. The van der Waals surface area contributed by atoms with Gasteiger partial charge in [0, 0.05) is 11.7 Å². The molecule has 0 saturated carbocycles. The van der Waals surface area contributed by atoms with Crippen LogP contribution in [-0.4, -0.2) is 6.04 Å². The molecule has 40 valence electrons. The zero-order valence-electron chi connectivity index (χ0n) is 4.86. The molecule has 1 atom stereocenters. The van der Waals surface area contributed by atoms with E-state index in [0.29, 0.717) is 6.04 Å². The van der Waals surface area contributed by atoms with Gasteiger partial charge < -0.3 is 5.32 Å². The molecule has 0 radical (unpaired) electrons. The first-order valence-electron chi connectivity index (χ1n) is 2.72. The highest BCUT2D eigenvalue weighted by Gasteiger charge is 2.04. The molecule has 1 rings (SSSR count). The van der Waals surface area contributed by atoms with Crippen LogP contribution in [0.3, 0.4) is 0 Å². The Bertz CT molecular complexity index is 94.4. The van der Waals surface area contributed by atoms with E-state index < -0.39 is 0 Å². The average Bonchev–Trinajstić information content (AvgIpc) is 1.87. The van der Waals surface area contributed by atoms with Crippen LogP contribution in [0.25, 0.3) is 0 Å². The summed E-state index contributed by atoms with van der Waals surface area (Å²) in [5.74, 6) is 0. The summed E-state index contributed by atoms with van der Waals surface area (Å²) in [5, 5.41) is 3.28. The minimum Gasteiger partial charge on any atom is -0.386 e. The van der Waals surface area contributed by atoms with E-state index >= 15 is 0 Å². The molecular weight excluding hydrogens is 86.1 g/mol. The summed E-state index contributed by atoms with van der Waals surface area (Å²) in [5.41, 5.74) is 1.33. The van der Waals surface area contributed by atoms with E-state index in [-0.39, 0.29) is 0 Å². The first-order valence-corrected chi connectivity index (χ1v) is 2.72. The lowest BCUT2D eigenvalue weighted by atomic mass is 10.3. The molecule has 0 aromatic carbocycles. The van der Waals surface area contributed by atoms with E-state index in [0.717, 1.165) is 0 Å². The molecule has 1 aliphatic heterocycles. The van der Waals surface area contributed by atoms with Crippen molar-refractivity contribution in [3.8, 4) is 0 Å². The number of rotatable bonds is 0. The first kappa shape index (κ1) is 4.69. The van der Waals surface area contributed by atoms with Gasteiger partial charge in [0.05, 0.1) is 0 Å². The fourth-order valence-corrected chi connectivity index (χ4v) is 0.860. The molecular formula is C6H11N. The van der Waals surface area contributed by atoms with E-state index in [4.69, 9.17) is 0 Å².